The second-order valence-corrected chi connectivity index (χ2v) is 9.52. The molecule has 2 N–H and O–H groups in total. The summed E-state index contributed by atoms with van der Waals surface area (Å²) in [6, 6.07) is 0. The molecule has 0 heterocycles. The van der Waals surface area contributed by atoms with Gasteiger partial charge in [-0.1, -0.05) is 19.4 Å². The lowest BCUT2D eigenvalue weighted by Gasteiger charge is -2.57. The number of carboxylic acids is 1. The van der Waals surface area contributed by atoms with Crippen LogP contribution in [0.3, 0.4) is 0 Å². The lowest BCUT2D eigenvalue weighted by atomic mass is 9.46. The van der Waals surface area contributed by atoms with E-state index >= 15 is 0 Å². The SMILES string of the molecule is CC1C[C@H]2[C@@H]3CCC4=CC(=O)CC(=O)[C@]4(C)[C@H]3CC[C@]2(C)C1(O)C(=O)O. The molecule has 7 atom stereocenters. The van der Waals surface area contributed by atoms with Crippen molar-refractivity contribution in [2.45, 2.75) is 64.9 Å². The van der Waals surface area contributed by atoms with Gasteiger partial charge in [0.2, 0.25) is 0 Å². The standard InChI is InChI=1S/C21H28O5/c1-11-8-16-14-5-4-12-9-13(22)10-17(23)20(12,3)15(14)6-7-19(16,2)21(11,26)18(24)25/h9,11,14-16,26H,4-8,10H2,1-3H3,(H,24,25)/t11?,14-,15+,16+,19+,20+,21?/m1/s1. The quantitative estimate of drug-likeness (QED) is 0.702. The minimum Gasteiger partial charge on any atom is -0.479 e. The molecule has 0 aliphatic heterocycles. The van der Waals surface area contributed by atoms with Crippen molar-refractivity contribution in [1.29, 1.82) is 0 Å². The normalized spacial score (nSPS) is 50.5. The average Bonchev–Trinajstić information content (AvgIpc) is 2.78. The fraction of sp³-hybridized carbons (Fsp3) is 0.762. The van der Waals surface area contributed by atoms with E-state index in [9.17, 15) is 24.6 Å². The van der Waals surface area contributed by atoms with Gasteiger partial charge in [-0.05, 0) is 68.8 Å². The number of Topliss-reactive ketones (excluding diaryl/α,β-unsaturated/α-hetero) is 1. The summed E-state index contributed by atoms with van der Waals surface area (Å²) in [6.07, 6.45) is 5.29. The van der Waals surface area contributed by atoms with Crippen LogP contribution in [0.2, 0.25) is 0 Å². The number of hydrogen-bond acceptors (Lipinski definition) is 4. The molecule has 3 saturated carbocycles. The smallest absolute Gasteiger partial charge is 0.336 e. The highest BCUT2D eigenvalue weighted by atomic mass is 16.4. The number of allylic oxidation sites excluding steroid dienone is 1. The summed E-state index contributed by atoms with van der Waals surface area (Å²) in [5.41, 5.74) is -1.98. The average molecular weight is 360 g/mol. The van der Waals surface area contributed by atoms with Crippen LogP contribution in [0.25, 0.3) is 0 Å². The van der Waals surface area contributed by atoms with Crippen LogP contribution in [0.5, 0.6) is 0 Å². The van der Waals surface area contributed by atoms with Gasteiger partial charge < -0.3 is 10.2 Å². The van der Waals surface area contributed by atoms with Crippen molar-refractivity contribution in [3.63, 3.8) is 0 Å². The molecule has 4 rings (SSSR count). The van der Waals surface area contributed by atoms with E-state index in [0.717, 1.165) is 24.8 Å². The van der Waals surface area contributed by atoms with E-state index < -0.39 is 22.4 Å². The highest BCUT2D eigenvalue weighted by molar-refractivity contribution is 6.11. The van der Waals surface area contributed by atoms with Crippen molar-refractivity contribution in [2.75, 3.05) is 0 Å². The Morgan fingerprint density at radius 2 is 1.88 bits per heavy atom. The fourth-order valence-corrected chi connectivity index (χ4v) is 7.22. The van der Waals surface area contributed by atoms with Crippen LogP contribution in [-0.2, 0) is 14.4 Å². The first-order valence-electron chi connectivity index (χ1n) is 9.79. The lowest BCUT2D eigenvalue weighted by molar-refractivity contribution is -0.187. The second kappa shape index (κ2) is 5.28. The van der Waals surface area contributed by atoms with E-state index in [1.807, 2.05) is 20.8 Å². The topological polar surface area (TPSA) is 91.7 Å². The van der Waals surface area contributed by atoms with Gasteiger partial charge in [0.15, 0.2) is 17.2 Å². The summed E-state index contributed by atoms with van der Waals surface area (Å²) in [7, 11) is 0. The van der Waals surface area contributed by atoms with Gasteiger partial charge in [-0.3, -0.25) is 9.59 Å². The summed E-state index contributed by atoms with van der Waals surface area (Å²) < 4.78 is 0. The Morgan fingerprint density at radius 3 is 2.54 bits per heavy atom. The largest absolute Gasteiger partial charge is 0.479 e. The Labute approximate surface area is 153 Å². The first-order chi connectivity index (χ1) is 12.1. The van der Waals surface area contributed by atoms with E-state index in [1.54, 1.807) is 6.08 Å². The molecule has 0 radical (unpaired) electrons. The van der Waals surface area contributed by atoms with Crippen LogP contribution in [0.4, 0.5) is 0 Å². The summed E-state index contributed by atoms with van der Waals surface area (Å²) in [5.74, 6) is -1.01. The first-order valence-corrected chi connectivity index (χ1v) is 9.79. The number of aliphatic hydroxyl groups is 1. The molecule has 5 nitrogen and oxygen atoms in total. The van der Waals surface area contributed by atoms with Gasteiger partial charge >= 0.3 is 5.97 Å². The zero-order valence-corrected chi connectivity index (χ0v) is 15.7. The summed E-state index contributed by atoms with van der Waals surface area (Å²) in [5, 5.41) is 20.9. The highest BCUT2D eigenvalue weighted by Crippen LogP contribution is 2.68. The molecular weight excluding hydrogens is 332 g/mol. The van der Waals surface area contributed by atoms with Gasteiger partial charge in [-0.25, -0.2) is 4.79 Å². The number of carbonyl (C=O) groups is 3. The molecule has 5 heteroatoms. The molecule has 4 aliphatic carbocycles. The van der Waals surface area contributed by atoms with Gasteiger partial charge in [0, 0.05) is 5.41 Å². The molecule has 2 unspecified atom stereocenters. The van der Waals surface area contributed by atoms with Crippen LogP contribution in [0, 0.1) is 34.5 Å². The Hall–Kier alpha value is -1.49. The van der Waals surface area contributed by atoms with Gasteiger partial charge in [0.05, 0.1) is 11.8 Å². The first kappa shape index (κ1) is 17.9. The Kier molecular flexibility index (Phi) is 3.63. The van der Waals surface area contributed by atoms with Gasteiger partial charge in [0.1, 0.15) is 0 Å². The van der Waals surface area contributed by atoms with Crippen molar-refractivity contribution in [3.8, 4) is 0 Å². The monoisotopic (exact) mass is 360 g/mol. The van der Waals surface area contributed by atoms with Gasteiger partial charge in [-0.15, -0.1) is 0 Å². The third-order valence-corrected chi connectivity index (χ3v) is 8.75. The molecule has 0 aromatic heterocycles. The van der Waals surface area contributed by atoms with Crippen molar-refractivity contribution in [2.24, 2.45) is 34.5 Å². The number of ketones is 2. The Balaban J connectivity index is 1.76. The van der Waals surface area contributed by atoms with Crippen LogP contribution in [0.15, 0.2) is 11.6 Å². The van der Waals surface area contributed by atoms with Crippen LogP contribution < -0.4 is 0 Å². The predicted molar refractivity (Wildman–Crippen MR) is 94.2 cm³/mol. The van der Waals surface area contributed by atoms with Crippen LogP contribution in [0.1, 0.15) is 59.3 Å². The number of rotatable bonds is 1. The van der Waals surface area contributed by atoms with Gasteiger partial charge in [-0.2, -0.15) is 0 Å². The second-order valence-electron chi connectivity index (χ2n) is 9.52. The maximum absolute atomic E-state index is 12.9. The highest BCUT2D eigenvalue weighted by Gasteiger charge is 2.70. The fourth-order valence-electron chi connectivity index (χ4n) is 7.22. The molecule has 0 aromatic carbocycles. The van der Waals surface area contributed by atoms with E-state index in [4.69, 9.17) is 0 Å². The maximum Gasteiger partial charge on any atom is 0.336 e. The Morgan fingerprint density at radius 1 is 1.19 bits per heavy atom. The van der Waals surface area contributed by atoms with E-state index in [-0.39, 0.29) is 41.7 Å². The molecule has 26 heavy (non-hydrogen) atoms. The molecule has 0 amide bonds. The van der Waals surface area contributed by atoms with Crippen molar-refractivity contribution < 1.29 is 24.6 Å². The molecule has 0 spiro atoms. The summed E-state index contributed by atoms with van der Waals surface area (Å²) >= 11 is 0. The third-order valence-electron chi connectivity index (χ3n) is 8.75. The molecule has 4 aliphatic rings. The number of fused-ring (bicyclic) bond motifs is 5. The van der Waals surface area contributed by atoms with Crippen molar-refractivity contribution >= 4 is 17.5 Å². The third kappa shape index (κ3) is 1.88. The molecule has 3 fully saturated rings. The van der Waals surface area contributed by atoms with Crippen molar-refractivity contribution in [3.05, 3.63) is 11.6 Å². The summed E-state index contributed by atoms with van der Waals surface area (Å²) in [4.78, 5) is 36.7. The minimum absolute atomic E-state index is 0.0133. The molecular formula is C21H28O5. The zero-order valence-electron chi connectivity index (χ0n) is 15.7. The van der Waals surface area contributed by atoms with E-state index in [2.05, 4.69) is 0 Å². The number of hydrogen-bond donors (Lipinski definition) is 2. The molecule has 0 saturated heterocycles. The van der Waals surface area contributed by atoms with E-state index in [1.165, 1.54) is 0 Å². The number of carboxylic acid groups (broad SMARTS) is 1. The van der Waals surface area contributed by atoms with Crippen LogP contribution >= 0.6 is 0 Å². The zero-order chi connectivity index (χ0) is 19.1. The Bertz CT molecular complexity index is 739. The molecule has 142 valence electrons. The van der Waals surface area contributed by atoms with Crippen LogP contribution in [-0.4, -0.2) is 33.3 Å². The molecule has 0 aromatic rings. The van der Waals surface area contributed by atoms with Crippen molar-refractivity contribution in [1.82, 2.24) is 0 Å². The maximum atomic E-state index is 12.9. The van der Waals surface area contributed by atoms with E-state index in [0.29, 0.717) is 12.8 Å². The molecule has 0 bridgehead atoms. The predicted octanol–water partition coefficient (Wildman–Crippen LogP) is 2.76. The number of carbonyl (C=O) groups excluding carboxylic acids is 2. The lowest BCUT2D eigenvalue weighted by Crippen LogP contribution is -2.59. The van der Waals surface area contributed by atoms with Gasteiger partial charge in [0.25, 0.3) is 0 Å². The minimum atomic E-state index is -1.70. The number of aliphatic carboxylic acids is 1. The summed E-state index contributed by atoms with van der Waals surface area (Å²) in [6.45, 7) is 5.77.